The molecule has 110 valence electrons. The van der Waals surface area contributed by atoms with Crippen molar-refractivity contribution in [2.75, 3.05) is 14.2 Å². The van der Waals surface area contributed by atoms with Gasteiger partial charge in [0.15, 0.2) is 0 Å². The molecule has 21 heavy (non-hydrogen) atoms. The van der Waals surface area contributed by atoms with Gasteiger partial charge in [-0.1, -0.05) is 0 Å². The summed E-state index contributed by atoms with van der Waals surface area (Å²) in [5.74, 6) is 0.487. The highest BCUT2D eigenvalue weighted by molar-refractivity contribution is 6.06. The second kappa shape index (κ2) is 4.84. The molecule has 0 fully saturated rings. The van der Waals surface area contributed by atoms with Gasteiger partial charge in [-0.15, -0.1) is 0 Å². The monoisotopic (exact) mass is 288 g/mol. The molecule has 0 spiro atoms. The molecule has 1 N–H and O–H groups in total. The van der Waals surface area contributed by atoms with Gasteiger partial charge in [0.1, 0.15) is 28.9 Å². The zero-order chi connectivity index (χ0) is 15.1. The number of cyclic esters (lactones) is 1. The van der Waals surface area contributed by atoms with Crippen molar-refractivity contribution in [1.29, 1.82) is 0 Å². The van der Waals surface area contributed by atoms with E-state index >= 15 is 0 Å². The van der Waals surface area contributed by atoms with E-state index in [1.54, 1.807) is 13.2 Å². The summed E-state index contributed by atoms with van der Waals surface area (Å²) in [5.41, 5.74) is 1.00. The van der Waals surface area contributed by atoms with E-state index in [1.165, 1.54) is 7.11 Å². The maximum absolute atomic E-state index is 12.0. The molecule has 0 saturated heterocycles. The molecule has 2 aromatic rings. The summed E-state index contributed by atoms with van der Waals surface area (Å²) in [4.78, 5) is 12.0. The van der Waals surface area contributed by atoms with Gasteiger partial charge in [0, 0.05) is 12.5 Å². The molecule has 1 atom stereocenters. The Morgan fingerprint density at radius 1 is 1.24 bits per heavy atom. The Kier molecular flexibility index (Phi) is 3.12. The lowest BCUT2D eigenvalue weighted by molar-refractivity contribution is 0.0298. The molecule has 0 aromatic heterocycles. The molecule has 0 unspecified atom stereocenters. The predicted octanol–water partition coefficient (Wildman–Crippen LogP) is 2.66. The summed E-state index contributed by atoms with van der Waals surface area (Å²) in [6.07, 6.45) is 0.374. The number of hydrogen-bond donors (Lipinski definition) is 1. The number of phenols is 1. The number of benzene rings is 2. The second-order valence-electron chi connectivity index (χ2n) is 5.11. The van der Waals surface area contributed by atoms with Crippen molar-refractivity contribution in [3.8, 4) is 17.2 Å². The number of aromatic hydroxyl groups is 1. The van der Waals surface area contributed by atoms with E-state index in [2.05, 4.69) is 0 Å². The number of rotatable bonds is 2. The first kappa shape index (κ1) is 13.5. The van der Waals surface area contributed by atoms with Crippen molar-refractivity contribution >= 4 is 16.7 Å². The third-order valence-corrected chi connectivity index (χ3v) is 3.71. The Labute approximate surface area is 122 Å². The number of esters is 1. The van der Waals surface area contributed by atoms with Gasteiger partial charge in [0.25, 0.3) is 0 Å². The van der Waals surface area contributed by atoms with Gasteiger partial charge in [-0.25, -0.2) is 4.79 Å². The number of phenolic OH excluding ortho intramolecular Hbond substituents is 1. The summed E-state index contributed by atoms with van der Waals surface area (Å²) < 4.78 is 15.7. The highest BCUT2D eigenvalue weighted by Gasteiger charge is 2.29. The molecular weight excluding hydrogens is 272 g/mol. The van der Waals surface area contributed by atoms with Crippen molar-refractivity contribution in [2.45, 2.75) is 19.4 Å². The summed E-state index contributed by atoms with van der Waals surface area (Å²) in [6, 6.07) is 5.36. The summed E-state index contributed by atoms with van der Waals surface area (Å²) in [7, 11) is 3.08. The van der Waals surface area contributed by atoms with Crippen LogP contribution >= 0.6 is 0 Å². The first-order chi connectivity index (χ1) is 10.0. The molecule has 0 bridgehead atoms. The van der Waals surface area contributed by atoms with E-state index < -0.39 is 5.97 Å². The molecule has 1 aliphatic rings. The van der Waals surface area contributed by atoms with Crippen LogP contribution in [0.25, 0.3) is 10.8 Å². The predicted molar refractivity (Wildman–Crippen MR) is 77.3 cm³/mol. The lowest BCUT2D eigenvalue weighted by atomic mass is 9.93. The Bertz CT molecular complexity index is 735. The van der Waals surface area contributed by atoms with Crippen molar-refractivity contribution < 1.29 is 24.1 Å². The van der Waals surface area contributed by atoms with E-state index in [9.17, 15) is 9.90 Å². The van der Waals surface area contributed by atoms with Gasteiger partial charge in [-0.2, -0.15) is 0 Å². The van der Waals surface area contributed by atoms with Crippen molar-refractivity contribution in [1.82, 2.24) is 0 Å². The number of methoxy groups -OCH3 is 2. The SMILES string of the molecule is COc1cc(OC)c2c(O)c3c(cc2c1)C[C@H](C)OC3=O. The van der Waals surface area contributed by atoms with Crippen LogP contribution < -0.4 is 9.47 Å². The van der Waals surface area contributed by atoms with E-state index in [0.717, 1.165) is 10.9 Å². The maximum Gasteiger partial charge on any atom is 0.342 e. The summed E-state index contributed by atoms with van der Waals surface area (Å²) in [5, 5.41) is 11.8. The van der Waals surface area contributed by atoms with Gasteiger partial charge in [0.2, 0.25) is 0 Å². The normalized spacial score (nSPS) is 17.3. The minimum atomic E-state index is -0.499. The molecule has 0 radical (unpaired) electrons. The van der Waals surface area contributed by atoms with Crippen LogP contribution in [-0.2, 0) is 11.2 Å². The van der Waals surface area contributed by atoms with Crippen molar-refractivity contribution in [3.63, 3.8) is 0 Å². The van der Waals surface area contributed by atoms with Crippen LogP contribution in [-0.4, -0.2) is 31.4 Å². The molecule has 3 rings (SSSR count). The Morgan fingerprint density at radius 3 is 2.67 bits per heavy atom. The van der Waals surface area contributed by atoms with E-state index in [4.69, 9.17) is 14.2 Å². The van der Waals surface area contributed by atoms with E-state index in [-0.39, 0.29) is 17.4 Å². The van der Waals surface area contributed by atoms with Gasteiger partial charge < -0.3 is 19.3 Å². The second-order valence-corrected chi connectivity index (χ2v) is 5.11. The highest BCUT2D eigenvalue weighted by Crippen LogP contribution is 2.42. The van der Waals surface area contributed by atoms with Crippen LogP contribution in [0.3, 0.4) is 0 Å². The Balaban J connectivity index is 2.36. The molecule has 0 aliphatic carbocycles. The summed E-state index contributed by atoms with van der Waals surface area (Å²) in [6.45, 7) is 1.83. The van der Waals surface area contributed by atoms with Gasteiger partial charge in [-0.05, 0) is 30.0 Å². The van der Waals surface area contributed by atoms with Crippen LogP contribution in [0.4, 0.5) is 0 Å². The van der Waals surface area contributed by atoms with E-state index in [0.29, 0.717) is 23.3 Å². The van der Waals surface area contributed by atoms with Crippen LogP contribution in [0.1, 0.15) is 22.8 Å². The standard InChI is InChI=1S/C16H16O5/c1-8-4-9-5-10-6-11(19-2)7-12(20-3)13(10)15(17)14(9)16(18)21-8/h5-8,17H,4H2,1-3H3/t8-/m0/s1. The van der Waals surface area contributed by atoms with Gasteiger partial charge >= 0.3 is 5.97 Å². The zero-order valence-corrected chi connectivity index (χ0v) is 12.1. The fraction of sp³-hybridized carbons (Fsp3) is 0.312. The number of hydrogen-bond acceptors (Lipinski definition) is 5. The molecule has 5 heteroatoms. The lowest BCUT2D eigenvalue weighted by Crippen LogP contribution is -2.25. The molecule has 2 aromatic carbocycles. The van der Waals surface area contributed by atoms with E-state index in [1.807, 2.05) is 19.1 Å². The van der Waals surface area contributed by atoms with Gasteiger partial charge in [0.05, 0.1) is 19.6 Å². The number of carbonyl (C=O) groups is 1. The van der Waals surface area contributed by atoms with Crippen LogP contribution in [0.15, 0.2) is 18.2 Å². The lowest BCUT2D eigenvalue weighted by Gasteiger charge is -2.23. The topological polar surface area (TPSA) is 65.0 Å². The fourth-order valence-corrected chi connectivity index (χ4v) is 2.78. The number of fused-ring (bicyclic) bond motifs is 2. The maximum atomic E-state index is 12.0. The molecule has 1 aliphatic heterocycles. The van der Waals surface area contributed by atoms with Crippen LogP contribution in [0.5, 0.6) is 17.2 Å². The minimum absolute atomic E-state index is 0.0982. The average molecular weight is 288 g/mol. The van der Waals surface area contributed by atoms with Crippen molar-refractivity contribution in [2.24, 2.45) is 0 Å². The van der Waals surface area contributed by atoms with Crippen molar-refractivity contribution in [3.05, 3.63) is 29.3 Å². The quantitative estimate of drug-likeness (QED) is 0.861. The Hall–Kier alpha value is -2.43. The first-order valence-corrected chi connectivity index (χ1v) is 6.66. The fourth-order valence-electron chi connectivity index (χ4n) is 2.78. The third kappa shape index (κ3) is 2.05. The zero-order valence-electron chi connectivity index (χ0n) is 12.1. The minimum Gasteiger partial charge on any atom is -0.506 e. The smallest absolute Gasteiger partial charge is 0.342 e. The molecule has 1 heterocycles. The largest absolute Gasteiger partial charge is 0.506 e. The average Bonchev–Trinajstić information content (AvgIpc) is 2.44. The molecular formula is C16H16O5. The third-order valence-electron chi connectivity index (χ3n) is 3.71. The molecule has 5 nitrogen and oxygen atoms in total. The molecule has 0 saturated carbocycles. The van der Waals surface area contributed by atoms with Crippen LogP contribution in [0.2, 0.25) is 0 Å². The summed E-state index contributed by atoms with van der Waals surface area (Å²) >= 11 is 0. The number of carbonyl (C=O) groups excluding carboxylic acids is 1. The number of ether oxygens (including phenoxy) is 3. The highest BCUT2D eigenvalue weighted by atomic mass is 16.5. The van der Waals surface area contributed by atoms with Crippen LogP contribution in [0, 0.1) is 0 Å². The first-order valence-electron chi connectivity index (χ1n) is 6.66. The van der Waals surface area contributed by atoms with Gasteiger partial charge in [-0.3, -0.25) is 0 Å². The molecule has 0 amide bonds. The Morgan fingerprint density at radius 2 is 2.00 bits per heavy atom.